The normalized spacial score (nSPS) is 9.96. The van der Waals surface area contributed by atoms with Gasteiger partial charge in [0.05, 0.1) is 16.7 Å². The zero-order chi connectivity index (χ0) is 17.5. The van der Waals surface area contributed by atoms with E-state index in [1.54, 1.807) is 37.3 Å². The number of ether oxygens (including phenoxy) is 2. The Hall–Kier alpha value is -2.44. The fraction of sp³-hybridized carbons (Fsp3) is 0.125. The van der Waals surface area contributed by atoms with Crippen molar-refractivity contribution in [2.45, 2.75) is 6.92 Å². The summed E-state index contributed by atoms with van der Waals surface area (Å²) in [5.41, 5.74) is 1.02. The van der Waals surface area contributed by atoms with Gasteiger partial charge in [0.1, 0.15) is 5.75 Å². The predicted octanol–water partition coefficient (Wildman–Crippen LogP) is 5.17. The molecule has 0 heterocycles. The van der Waals surface area contributed by atoms with Crippen molar-refractivity contribution >= 4 is 46.8 Å². The minimum atomic E-state index is -0.782. The second kappa shape index (κ2) is 8.42. The van der Waals surface area contributed by atoms with Gasteiger partial charge in [-0.15, -0.1) is 0 Å². The summed E-state index contributed by atoms with van der Waals surface area (Å²) in [5.74, 6) is 0.309. The van der Waals surface area contributed by atoms with Crippen LogP contribution in [0.5, 0.6) is 5.75 Å². The molecule has 0 unspecified atom stereocenters. The maximum atomic E-state index is 11.9. The predicted molar refractivity (Wildman–Crippen MR) is 93.2 cm³/mol. The second-order valence-corrected chi connectivity index (χ2v) is 5.33. The van der Waals surface area contributed by atoms with Gasteiger partial charge in [-0.3, -0.25) is 0 Å². The Labute approximate surface area is 148 Å². The van der Waals surface area contributed by atoms with Gasteiger partial charge in [-0.2, -0.15) is 0 Å². The lowest BCUT2D eigenvalue weighted by atomic mass is 10.3. The van der Waals surface area contributed by atoms with E-state index in [1.807, 2.05) is 0 Å². The third-order valence-electron chi connectivity index (χ3n) is 2.75. The molecule has 2 amide bonds. The number of nitrogens with one attached hydrogen (secondary N) is 2. The number of halogens is 2. The van der Waals surface area contributed by atoms with Crippen molar-refractivity contribution in [2.75, 3.05) is 17.2 Å². The quantitative estimate of drug-likeness (QED) is 0.576. The van der Waals surface area contributed by atoms with Crippen molar-refractivity contribution in [1.29, 1.82) is 0 Å². The molecule has 2 rings (SSSR count). The Balaban J connectivity index is 1.91. The van der Waals surface area contributed by atoms with Crippen LogP contribution in [0.1, 0.15) is 6.92 Å². The lowest BCUT2D eigenvalue weighted by Gasteiger charge is -2.09. The van der Waals surface area contributed by atoms with Crippen molar-refractivity contribution in [2.24, 2.45) is 0 Å². The maximum Gasteiger partial charge on any atom is 0.513 e. The van der Waals surface area contributed by atoms with Crippen molar-refractivity contribution in [3.8, 4) is 5.75 Å². The number of hydrogen-bond donors (Lipinski definition) is 2. The van der Waals surface area contributed by atoms with E-state index in [0.717, 1.165) is 0 Å². The summed E-state index contributed by atoms with van der Waals surface area (Å²) in [4.78, 5) is 23.1. The Morgan fingerprint density at radius 1 is 0.958 bits per heavy atom. The van der Waals surface area contributed by atoms with Crippen LogP contribution < -0.4 is 15.4 Å². The highest BCUT2D eigenvalue weighted by Gasteiger charge is 2.07. The van der Waals surface area contributed by atoms with Gasteiger partial charge in [-0.25, -0.2) is 9.59 Å². The van der Waals surface area contributed by atoms with Gasteiger partial charge < -0.3 is 20.1 Å². The number of urea groups is 1. The molecule has 0 saturated carbocycles. The summed E-state index contributed by atoms with van der Waals surface area (Å²) >= 11 is 11.7. The first-order valence-electron chi connectivity index (χ1n) is 6.95. The molecule has 2 aromatic rings. The van der Waals surface area contributed by atoms with Crippen LogP contribution in [0.2, 0.25) is 10.0 Å². The average Bonchev–Trinajstić information content (AvgIpc) is 2.53. The number of carbonyl (C=O) groups excluding carboxylic acids is 2. The van der Waals surface area contributed by atoms with Gasteiger partial charge in [0.2, 0.25) is 0 Å². The lowest BCUT2D eigenvalue weighted by Crippen LogP contribution is -2.19. The van der Waals surface area contributed by atoms with Crippen LogP contribution in [0.4, 0.5) is 21.0 Å². The molecule has 126 valence electrons. The van der Waals surface area contributed by atoms with Crippen LogP contribution in [-0.2, 0) is 4.74 Å². The van der Waals surface area contributed by atoms with Gasteiger partial charge in [-0.05, 0) is 49.4 Å². The highest BCUT2D eigenvalue weighted by atomic mass is 35.5. The standard InChI is InChI=1S/C16H14Cl2N2O4/c1-2-23-16(22)24-12-6-3-10(4-7-12)19-15(21)20-11-5-8-13(17)14(18)9-11/h3-9H,2H2,1H3,(H2,19,20,21). The first-order chi connectivity index (χ1) is 11.5. The van der Waals surface area contributed by atoms with Crippen LogP contribution in [0.15, 0.2) is 42.5 Å². The van der Waals surface area contributed by atoms with Crippen LogP contribution in [0.3, 0.4) is 0 Å². The van der Waals surface area contributed by atoms with E-state index in [-0.39, 0.29) is 6.61 Å². The molecule has 0 bridgehead atoms. The summed E-state index contributed by atoms with van der Waals surface area (Å²) in [6, 6.07) is 10.5. The third-order valence-corrected chi connectivity index (χ3v) is 3.49. The minimum absolute atomic E-state index is 0.230. The molecule has 6 nitrogen and oxygen atoms in total. The van der Waals surface area contributed by atoms with Crippen molar-refractivity contribution < 1.29 is 19.1 Å². The monoisotopic (exact) mass is 368 g/mol. The summed E-state index contributed by atoms with van der Waals surface area (Å²) in [6.07, 6.45) is -0.782. The van der Waals surface area contributed by atoms with Crippen LogP contribution in [0, 0.1) is 0 Å². The summed E-state index contributed by atoms with van der Waals surface area (Å²) in [7, 11) is 0. The summed E-state index contributed by atoms with van der Waals surface area (Å²) < 4.78 is 9.58. The molecule has 0 fully saturated rings. The zero-order valence-electron chi connectivity index (χ0n) is 12.6. The third kappa shape index (κ3) is 5.33. The van der Waals surface area contributed by atoms with E-state index in [4.69, 9.17) is 27.9 Å². The highest BCUT2D eigenvalue weighted by molar-refractivity contribution is 6.42. The first kappa shape index (κ1) is 17.9. The van der Waals surface area contributed by atoms with Crippen LogP contribution >= 0.6 is 23.2 Å². The number of hydrogen-bond acceptors (Lipinski definition) is 4. The molecule has 0 radical (unpaired) electrons. The zero-order valence-corrected chi connectivity index (χ0v) is 14.1. The Morgan fingerprint density at radius 3 is 2.21 bits per heavy atom. The molecule has 0 aliphatic rings. The minimum Gasteiger partial charge on any atom is -0.434 e. The maximum absolute atomic E-state index is 11.9. The topological polar surface area (TPSA) is 76.7 Å². The molecular weight excluding hydrogens is 355 g/mol. The van der Waals surface area contributed by atoms with E-state index in [0.29, 0.717) is 27.2 Å². The molecule has 8 heteroatoms. The smallest absolute Gasteiger partial charge is 0.434 e. The first-order valence-corrected chi connectivity index (χ1v) is 7.71. The number of carbonyl (C=O) groups is 2. The molecule has 0 spiro atoms. The van der Waals surface area contributed by atoms with E-state index in [2.05, 4.69) is 15.4 Å². The van der Waals surface area contributed by atoms with Gasteiger partial charge in [0.25, 0.3) is 0 Å². The van der Waals surface area contributed by atoms with Crippen LogP contribution in [0.25, 0.3) is 0 Å². The summed E-state index contributed by atoms with van der Waals surface area (Å²) in [5, 5.41) is 6.00. The average molecular weight is 369 g/mol. The number of benzene rings is 2. The number of amides is 2. The lowest BCUT2D eigenvalue weighted by molar-refractivity contribution is 0.104. The Bertz CT molecular complexity index is 735. The molecule has 0 saturated heterocycles. The van der Waals surface area contributed by atoms with Gasteiger partial charge >= 0.3 is 12.2 Å². The van der Waals surface area contributed by atoms with Gasteiger partial charge in [0, 0.05) is 11.4 Å². The molecule has 2 N–H and O–H groups in total. The molecule has 0 aliphatic heterocycles. The highest BCUT2D eigenvalue weighted by Crippen LogP contribution is 2.25. The summed E-state index contributed by atoms with van der Waals surface area (Å²) in [6.45, 7) is 1.91. The van der Waals surface area contributed by atoms with E-state index >= 15 is 0 Å². The second-order valence-electron chi connectivity index (χ2n) is 4.52. The van der Waals surface area contributed by atoms with E-state index in [1.165, 1.54) is 12.1 Å². The molecule has 24 heavy (non-hydrogen) atoms. The fourth-order valence-corrected chi connectivity index (χ4v) is 2.02. The van der Waals surface area contributed by atoms with Gasteiger partial charge in [0.15, 0.2) is 0 Å². The molecule has 2 aromatic carbocycles. The van der Waals surface area contributed by atoms with E-state index < -0.39 is 12.2 Å². The van der Waals surface area contributed by atoms with Gasteiger partial charge in [-0.1, -0.05) is 23.2 Å². The molecule has 0 atom stereocenters. The Kier molecular flexibility index (Phi) is 6.28. The molecule has 0 aromatic heterocycles. The molecule has 0 aliphatic carbocycles. The van der Waals surface area contributed by atoms with Crippen molar-refractivity contribution in [3.05, 3.63) is 52.5 Å². The Morgan fingerprint density at radius 2 is 1.58 bits per heavy atom. The number of anilines is 2. The molecular formula is C16H14Cl2N2O4. The van der Waals surface area contributed by atoms with Crippen LogP contribution in [-0.4, -0.2) is 18.8 Å². The van der Waals surface area contributed by atoms with E-state index in [9.17, 15) is 9.59 Å². The van der Waals surface area contributed by atoms with Crippen molar-refractivity contribution in [3.63, 3.8) is 0 Å². The fourth-order valence-electron chi connectivity index (χ4n) is 1.72. The largest absolute Gasteiger partial charge is 0.513 e. The number of rotatable bonds is 4. The van der Waals surface area contributed by atoms with Crippen molar-refractivity contribution in [1.82, 2.24) is 0 Å². The SMILES string of the molecule is CCOC(=O)Oc1ccc(NC(=O)Nc2ccc(Cl)c(Cl)c2)cc1.